The number of rotatable bonds is 7. The predicted molar refractivity (Wildman–Crippen MR) is 288 cm³/mol. The number of hydrogen-bond donors (Lipinski definition) is 0. The minimum Gasteiger partial charge on any atom is -0.337 e. The maximum atomic E-state index is 4.74. The van der Waals surface area contributed by atoms with Crippen LogP contribution < -0.4 is 9.80 Å². The summed E-state index contributed by atoms with van der Waals surface area (Å²) in [5.74, 6) is 0. The van der Waals surface area contributed by atoms with Gasteiger partial charge in [0.15, 0.2) is 0 Å². The van der Waals surface area contributed by atoms with Crippen molar-refractivity contribution >= 4 is 82.7 Å². The van der Waals surface area contributed by atoms with Gasteiger partial charge in [0.2, 0.25) is 0 Å². The van der Waals surface area contributed by atoms with Gasteiger partial charge in [-0.2, -0.15) is 0 Å². The Balaban J connectivity index is 0.898. The highest BCUT2D eigenvalue weighted by atomic mass is 15.1. The second-order valence-electron chi connectivity index (χ2n) is 17.3. The second kappa shape index (κ2) is 17.0. The van der Waals surface area contributed by atoms with Gasteiger partial charge in [-0.15, -0.1) is 0 Å². The molecule has 316 valence electrons. The second-order valence-corrected chi connectivity index (χ2v) is 17.3. The zero-order valence-electron chi connectivity index (χ0n) is 37.1. The summed E-state index contributed by atoms with van der Waals surface area (Å²) in [6.45, 7) is 5.46. The molecule has 1 aliphatic rings. The maximum Gasteiger partial charge on any atom is 0.0493 e. The average molecular weight is 855 g/mol. The van der Waals surface area contributed by atoms with Crippen LogP contribution in [0, 0.1) is 0 Å². The summed E-state index contributed by atoms with van der Waals surface area (Å²) in [6, 6.07) is 85.7. The van der Waals surface area contributed by atoms with Crippen molar-refractivity contribution in [2.45, 2.75) is 0 Å². The number of para-hydroxylation sites is 2. The van der Waals surface area contributed by atoms with Gasteiger partial charge >= 0.3 is 0 Å². The van der Waals surface area contributed by atoms with E-state index in [1.807, 2.05) is 0 Å². The van der Waals surface area contributed by atoms with Crippen LogP contribution in [0.5, 0.6) is 0 Å². The first-order valence-corrected chi connectivity index (χ1v) is 23.1. The van der Waals surface area contributed by atoms with Crippen molar-refractivity contribution in [3.63, 3.8) is 0 Å². The molecule has 0 saturated carbocycles. The van der Waals surface area contributed by atoms with E-state index in [-0.39, 0.29) is 0 Å². The number of hydrogen-bond acceptors (Lipinski definition) is 2. The minimum absolute atomic E-state index is 0.716. The van der Waals surface area contributed by atoms with Crippen LogP contribution in [0.3, 0.4) is 0 Å². The molecule has 1 aliphatic heterocycles. The Bertz CT molecular complexity index is 3670. The lowest BCUT2D eigenvalue weighted by Gasteiger charge is -2.27. The molecule has 11 aromatic carbocycles. The zero-order chi connectivity index (χ0) is 44.7. The smallest absolute Gasteiger partial charge is 0.0493 e. The highest BCUT2D eigenvalue weighted by molar-refractivity contribution is 6.25. The number of anilines is 5. The molecule has 0 saturated heterocycles. The molecule has 0 unspecified atom stereocenters. The topological polar surface area (TPSA) is 6.48 Å². The van der Waals surface area contributed by atoms with Crippen LogP contribution >= 0.6 is 0 Å². The van der Waals surface area contributed by atoms with Crippen LogP contribution in [0.15, 0.2) is 261 Å². The van der Waals surface area contributed by atoms with E-state index in [0.717, 1.165) is 56.3 Å². The zero-order valence-corrected chi connectivity index (χ0v) is 37.1. The van der Waals surface area contributed by atoms with Gasteiger partial charge in [0, 0.05) is 40.5 Å². The molecule has 0 aliphatic carbocycles. The lowest BCUT2D eigenvalue weighted by Crippen LogP contribution is -2.18. The molecular weight excluding hydrogens is 809 g/mol. The number of benzene rings is 11. The third kappa shape index (κ3) is 7.35. The monoisotopic (exact) mass is 854 g/mol. The fourth-order valence-electron chi connectivity index (χ4n) is 10.1. The summed E-state index contributed by atoms with van der Waals surface area (Å²) in [6.07, 6.45) is 6.78. The molecule has 0 spiro atoms. The maximum absolute atomic E-state index is 4.74. The van der Waals surface area contributed by atoms with E-state index in [0.29, 0.717) is 6.54 Å². The summed E-state index contributed by atoms with van der Waals surface area (Å²) in [4.78, 5) is 4.72. The molecule has 0 aromatic heterocycles. The summed E-state index contributed by atoms with van der Waals surface area (Å²) >= 11 is 0. The average Bonchev–Trinajstić information content (AvgIpc) is 3.47. The third-order valence-electron chi connectivity index (χ3n) is 13.4. The number of allylic oxidation sites excluding steroid dienone is 4. The lowest BCUT2D eigenvalue weighted by molar-refractivity contribution is 1.09. The van der Waals surface area contributed by atoms with Crippen LogP contribution in [0.4, 0.5) is 28.4 Å². The van der Waals surface area contributed by atoms with E-state index in [2.05, 4.69) is 265 Å². The van der Waals surface area contributed by atoms with Gasteiger partial charge in [-0.25, -0.2) is 0 Å². The molecule has 0 radical (unpaired) electrons. The number of fused-ring (bicyclic) bond motifs is 8. The van der Waals surface area contributed by atoms with Crippen molar-refractivity contribution in [3.8, 4) is 22.3 Å². The first kappa shape index (κ1) is 39.8. The van der Waals surface area contributed by atoms with Gasteiger partial charge in [0.1, 0.15) is 0 Å². The van der Waals surface area contributed by atoms with Gasteiger partial charge in [0.25, 0.3) is 0 Å². The fraction of sp³-hybridized carbons (Fsp3) is 0.0154. The molecule has 2 nitrogen and oxygen atoms in total. The van der Waals surface area contributed by atoms with E-state index in [1.165, 1.54) is 59.8 Å². The molecule has 11 aromatic rings. The van der Waals surface area contributed by atoms with Crippen molar-refractivity contribution in [1.29, 1.82) is 0 Å². The summed E-state index contributed by atoms with van der Waals surface area (Å²) in [5.41, 5.74) is 14.6. The molecule has 12 rings (SSSR count). The molecule has 2 heteroatoms. The van der Waals surface area contributed by atoms with Gasteiger partial charge in [-0.05, 0) is 155 Å². The highest BCUT2D eigenvalue weighted by Gasteiger charge is 2.19. The van der Waals surface area contributed by atoms with Crippen molar-refractivity contribution in [2.24, 2.45) is 0 Å². The molecule has 0 fully saturated rings. The Morgan fingerprint density at radius 3 is 1.52 bits per heavy atom. The molecule has 0 atom stereocenters. The van der Waals surface area contributed by atoms with Gasteiger partial charge in [0.05, 0.1) is 0 Å². The first-order valence-electron chi connectivity index (χ1n) is 23.1. The van der Waals surface area contributed by atoms with Crippen LogP contribution in [-0.4, -0.2) is 6.54 Å². The van der Waals surface area contributed by atoms with Crippen molar-refractivity contribution < 1.29 is 0 Å². The molecular formula is C65H46N2. The predicted octanol–water partition coefficient (Wildman–Crippen LogP) is 17.9. The molecule has 0 N–H and O–H groups in total. The number of nitrogens with zero attached hydrogens (tertiary/aromatic N) is 2. The summed E-state index contributed by atoms with van der Waals surface area (Å²) < 4.78 is 0. The molecule has 0 amide bonds. The Labute approximate surface area is 392 Å². The molecule has 67 heavy (non-hydrogen) atoms. The van der Waals surface area contributed by atoms with Crippen LogP contribution in [0.2, 0.25) is 0 Å². The van der Waals surface area contributed by atoms with E-state index >= 15 is 0 Å². The standard InChI is InChI=1S/C65H46N2/c1-45-42-51(57-28-14-17-48-16-8-9-23-56(48)57)18-15-41-66(52-19-4-2-5-20-52)65-40-34-50(43-63(45)65)47-31-37-55(38-32-47)67(53-21-6-3-7-22-53)54-35-29-46(30-36-54)49-33-39-62-60-26-11-10-24-58(60)59-25-12-13-27-61(59)64(62)44-49/h2-40,42-44H,1,41H2/b18-15-,51-42+. The Kier molecular flexibility index (Phi) is 10.1. The SMILES string of the molecule is C=C1/C=C(c2cccc3ccccc23)\C=C/CN(c2ccccc2)c2ccc(-c3ccc(N(c4ccccc4)c4ccc(-c5ccc6c7ccccc7c7ccccc7c6c5)cc4)cc3)cc21. The summed E-state index contributed by atoms with van der Waals surface area (Å²) in [7, 11) is 0. The molecule has 0 bridgehead atoms. The molecule has 1 heterocycles. The Hall–Kier alpha value is -8.72. The Morgan fingerprint density at radius 2 is 0.866 bits per heavy atom. The highest BCUT2D eigenvalue weighted by Crippen LogP contribution is 2.42. The van der Waals surface area contributed by atoms with Crippen LogP contribution in [-0.2, 0) is 0 Å². The van der Waals surface area contributed by atoms with Gasteiger partial charge in [-0.1, -0.05) is 189 Å². The Morgan fingerprint density at radius 1 is 0.373 bits per heavy atom. The van der Waals surface area contributed by atoms with Crippen molar-refractivity contribution in [2.75, 3.05) is 16.3 Å². The fourth-order valence-corrected chi connectivity index (χ4v) is 10.1. The van der Waals surface area contributed by atoms with Crippen LogP contribution in [0.25, 0.3) is 76.5 Å². The van der Waals surface area contributed by atoms with Gasteiger partial charge in [-0.3, -0.25) is 0 Å². The summed E-state index contributed by atoms with van der Waals surface area (Å²) in [5, 5.41) is 10.2. The van der Waals surface area contributed by atoms with E-state index in [4.69, 9.17) is 6.58 Å². The first-order chi connectivity index (χ1) is 33.1. The van der Waals surface area contributed by atoms with Crippen LogP contribution in [0.1, 0.15) is 11.1 Å². The van der Waals surface area contributed by atoms with E-state index in [9.17, 15) is 0 Å². The van der Waals surface area contributed by atoms with E-state index < -0.39 is 0 Å². The van der Waals surface area contributed by atoms with Crippen molar-refractivity contribution in [1.82, 2.24) is 0 Å². The minimum atomic E-state index is 0.716. The van der Waals surface area contributed by atoms with Gasteiger partial charge < -0.3 is 9.80 Å². The largest absolute Gasteiger partial charge is 0.337 e. The lowest BCUT2D eigenvalue weighted by atomic mass is 9.92. The van der Waals surface area contributed by atoms with Crippen molar-refractivity contribution in [3.05, 3.63) is 273 Å². The normalized spacial score (nSPS) is 14.0. The quantitative estimate of drug-likeness (QED) is 0.147. The third-order valence-corrected chi connectivity index (χ3v) is 13.4. The van der Waals surface area contributed by atoms with E-state index in [1.54, 1.807) is 0 Å².